The highest BCUT2D eigenvalue weighted by Crippen LogP contribution is 2.27. The van der Waals surface area contributed by atoms with Gasteiger partial charge in [-0.05, 0) is 31.9 Å². The van der Waals surface area contributed by atoms with Gasteiger partial charge >= 0.3 is 12.0 Å². The van der Waals surface area contributed by atoms with Crippen molar-refractivity contribution in [1.82, 2.24) is 10.6 Å². The molecule has 1 fully saturated rings. The average molecular weight is 463 g/mol. The van der Waals surface area contributed by atoms with E-state index in [0.29, 0.717) is 16.9 Å². The second-order valence-electron chi connectivity index (χ2n) is 8.37. The number of hydrogen-bond acceptors (Lipinski definition) is 6. The molecule has 2 N–H and O–H groups in total. The van der Waals surface area contributed by atoms with Crippen molar-refractivity contribution >= 4 is 28.9 Å². The van der Waals surface area contributed by atoms with E-state index in [9.17, 15) is 19.2 Å². The topological polar surface area (TPSA) is 115 Å². The van der Waals surface area contributed by atoms with E-state index in [0.717, 1.165) is 32.1 Å². The van der Waals surface area contributed by atoms with Crippen molar-refractivity contribution in [3.63, 3.8) is 0 Å². The summed E-state index contributed by atoms with van der Waals surface area (Å²) in [5.41, 5.74) is 0.966. The van der Waals surface area contributed by atoms with Gasteiger partial charge in [0.25, 0.3) is 5.91 Å². The second-order valence-corrected chi connectivity index (χ2v) is 8.37. The summed E-state index contributed by atoms with van der Waals surface area (Å²) in [7, 11) is 0. The predicted octanol–water partition coefficient (Wildman–Crippen LogP) is 4.08. The molecule has 1 aliphatic carbocycles. The lowest BCUT2D eigenvalue weighted by molar-refractivity contribution is -0.123. The van der Waals surface area contributed by atoms with E-state index < -0.39 is 24.5 Å². The average Bonchev–Trinajstić information content (AvgIpc) is 2.85. The number of para-hydroxylation sites is 1. The molecule has 0 bridgehead atoms. The van der Waals surface area contributed by atoms with Gasteiger partial charge in [0.05, 0.1) is 5.39 Å². The van der Waals surface area contributed by atoms with Crippen LogP contribution in [0.15, 0.2) is 57.7 Å². The minimum absolute atomic E-state index is 0.0197. The van der Waals surface area contributed by atoms with Crippen LogP contribution in [0.25, 0.3) is 22.3 Å². The van der Waals surface area contributed by atoms with E-state index >= 15 is 0 Å². The molecule has 0 atom stereocenters. The maximum atomic E-state index is 12.9. The maximum absolute atomic E-state index is 12.9. The predicted molar refractivity (Wildman–Crippen MR) is 126 cm³/mol. The largest absolute Gasteiger partial charge is 0.455 e. The molecule has 3 amide bonds. The number of rotatable bonds is 5. The van der Waals surface area contributed by atoms with Gasteiger partial charge in [-0.15, -0.1) is 0 Å². The number of ether oxygens (including phenoxy) is 1. The molecular weight excluding hydrogens is 436 g/mol. The Morgan fingerprint density at radius 2 is 1.74 bits per heavy atom. The molecule has 0 aliphatic heterocycles. The molecule has 8 heteroatoms. The summed E-state index contributed by atoms with van der Waals surface area (Å²) in [5, 5.41) is 5.18. The summed E-state index contributed by atoms with van der Waals surface area (Å²) in [6.07, 6.45) is 5.00. The van der Waals surface area contributed by atoms with E-state index in [-0.39, 0.29) is 28.0 Å². The number of imide groups is 1. The molecule has 2 aromatic carbocycles. The number of fused-ring (bicyclic) bond motifs is 1. The highest BCUT2D eigenvalue weighted by Gasteiger charge is 2.21. The standard InChI is InChI=1S/C26H26N2O6/c1-16-22(30)19-13-8-14-20(24(19)34-23(16)17-9-4-2-5-10-17)25(31)33-15-21(29)28-26(32)27-18-11-6-3-7-12-18/h2,4-5,8-10,13-14,18H,3,6-7,11-12,15H2,1H3,(H2,27,28,29,32). The first-order chi connectivity index (χ1) is 16.4. The van der Waals surface area contributed by atoms with Gasteiger partial charge in [-0.3, -0.25) is 14.9 Å². The van der Waals surface area contributed by atoms with Crippen LogP contribution in [0.4, 0.5) is 4.79 Å². The third kappa shape index (κ3) is 5.17. The van der Waals surface area contributed by atoms with Crippen LogP contribution in [0.2, 0.25) is 0 Å². The van der Waals surface area contributed by atoms with E-state index in [2.05, 4.69) is 10.6 Å². The zero-order valence-electron chi connectivity index (χ0n) is 18.9. The van der Waals surface area contributed by atoms with Crippen LogP contribution < -0.4 is 16.1 Å². The molecule has 0 radical (unpaired) electrons. The third-order valence-corrected chi connectivity index (χ3v) is 5.93. The van der Waals surface area contributed by atoms with Crippen LogP contribution in [0.1, 0.15) is 48.0 Å². The van der Waals surface area contributed by atoms with Crippen molar-refractivity contribution in [2.24, 2.45) is 0 Å². The van der Waals surface area contributed by atoms with Gasteiger partial charge in [-0.1, -0.05) is 55.7 Å². The first-order valence-electron chi connectivity index (χ1n) is 11.3. The molecule has 3 aromatic rings. The maximum Gasteiger partial charge on any atom is 0.342 e. The first kappa shape index (κ1) is 23.2. The monoisotopic (exact) mass is 462 g/mol. The van der Waals surface area contributed by atoms with Crippen LogP contribution in [-0.4, -0.2) is 30.6 Å². The number of benzene rings is 2. The Bertz CT molecular complexity index is 1280. The van der Waals surface area contributed by atoms with Gasteiger partial charge in [-0.2, -0.15) is 0 Å². The number of esters is 1. The van der Waals surface area contributed by atoms with Crippen molar-refractivity contribution in [2.45, 2.75) is 45.1 Å². The molecule has 0 unspecified atom stereocenters. The van der Waals surface area contributed by atoms with E-state index in [1.807, 2.05) is 18.2 Å². The number of carbonyl (C=O) groups excluding carboxylic acids is 3. The molecule has 1 aliphatic rings. The van der Waals surface area contributed by atoms with Crippen molar-refractivity contribution in [3.8, 4) is 11.3 Å². The summed E-state index contributed by atoms with van der Waals surface area (Å²) in [5.74, 6) is -1.22. The van der Waals surface area contributed by atoms with Crippen LogP contribution in [-0.2, 0) is 9.53 Å². The number of amides is 3. The Morgan fingerprint density at radius 3 is 2.47 bits per heavy atom. The van der Waals surface area contributed by atoms with Crippen LogP contribution in [0.5, 0.6) is 0 Å². The second kappa shape index (κ2) is 10.3. The molecule has 1 saturated carbocycles. The zero-order valence-corrected chi connectivity index (χ0v) is 18.9. The van der Waals surface area contributed by atoms with Crippen LogP contribution in [0, 0.1) is 6.92 Å². The fourth-order valence-corrected chi connectivity index (χ4v) is 4.18. The number of urea groups is 1. The van der Waals surface area contributed by atoms with Crippen LogP contribution in [0.3, 0.4) is 0 Å². The molecule has 0 spiro atoms. The Kier molecular flexibility index (Phi) is 7.06. The third-order valence-electron chi connectivity index (χ3n) is 5.93. The zero-order chi connectivity index (χ0) is 24.1. The molecule has 176 valence electrons. The number of carbonyl (C=O) groups is 3. The Hall–Kier alpha value is -3.94. The minimum Gasteiger partial charge on any atom is -0.455 e. The van der Waals surface area contributed by atoms with Gasteiger partial charge in [0.2, 0.25) is 0 Å². The number of hydrogen-bond donors (Lipinski definition) is 2. The Morgan fingerprint density at radius 1 is 1.00 bits per heavy atom. The molecule has 1 heterocycles. The van der Waals surface area contributed by atoms with Gasteiger partial charge in [-0.25, -0.2) is 9.59 Å². The summed E-state index contributed by atoms with van der Waals surface area (Å²) < 4.78 is 11.1. The van der Waals surface area contributed by atoms with Crippen LogP contribution >= 0.6 is 0 Å². The summed E-state index contributed by atoms with van der Waals surface area (Å²) in [6, 6.07) is 13.1. The lowest BCUT2D eigenvalue weighted by Crippen LogP contribution is -2.46. The summed E-state index contributed by atoms with van der Waals surface area (Å²) in [4.78, 5) is 49.8. The van der Waals surface area contributed by atoms with E-state index in [1.165, 1.54) is 6.07 Å². The smallest absolute Gasteiger partial charge is 0.342 e. The fraction of sp³-hybridized carbons (Fsp3) is 0.308. The Balaban J connectivity index is 1.48. The highest BCUT2D eigenvalue weighted by atomic mass is 16.5. The first-order valence-corrected chi connectivity index (χ1v) is 11.3. The molecule has 4 rings (SSSR count). The molecule has 34 heavy (non-hydrogen) atoms. The van der Waals surface area contributed by atoms with E-state index in [1.54, 1.807) is 31.2 Å². The lowest BCUT2D eigenvalue weighted by Gasteiger charge is -2.22. The van der Waals surface area contributed by atoms with Gasteiger partial charge in [0.15, 0.2) is 17.6 Å². The molecule has 0 saturated heterocycles. The van der Waals surface area contributed by atoms with Gasteiger partial charge in [0, 0.05) is 17.2 Å². The molecule has 1 aromatic heterocycles. The molecular formula is C26H26N2O6. The Labute approximate surface area is 196 Å². The molecule has 8 nitrogen and oxygen atoms in total. The summed E-state index contributed by atoms with van der Waals surface area (Å²) >= 11 is 0. The normalized spacial score (nSPS) is 13.9. The SMILES string of the molecule is Cc1c(-c2ccccc2)oc2c(C(=O)OCC(=O)NC(=O)NC3CCCCC3)cccc2c1=O. The quantitative estimate of drug-likeness (QED) is 0.552. The lowest BCUT2D eigenvalue weighted by atomic mass is 9.96. The number of nitrogens with one attached hydrogen (secondary N) is 2. The van der Waals surface area contributed by atoms with Crippen molar-refractivity contribution in [1.29, 1.82) is 0 Å². The fourth-order valence-electron chi connectivity index (χ4n) is 4.18. The van der Waals surface area contributed by atoms with Gasteiger partial charge in [0.1, 0.15) is 11.3 Å². The van der Waals surface area contributed by atoms with Crippen molar-refractivity contribution in [3.05, 3.63) is 69.9 Å². The van der Waals surface area contributed by atoms with Crippen molar-refractivity contribution in [2.75, 3.05) is 6.61 Å². The summed E-state index contributed by atoms with van der Waals surface area (Å²) in [6.45, 7) is 1.02. The minimum atomic E-state index is -0.834. The van der Waals surface area contributed by atoms with Gasteiger partial charge < -0.3 is 14.5 Å². The van der Waals surface area contributed by atoms with E-state index in [4.69, 9.17) is 9.15 Å². The highest BCUT2D eigenvalue weighted by molar-refractivity contribution is 6.03. The van der Waals surface area contributed by atoms with Crippen molar-refractivity contribution < 1.29 is 23.5 Å².